The maximum Gasteiger partial charge on any atom is 0.297 e. The summed E-state index contributed by atoms with van der Waals surface area (Å²) in [5.74, 6) is -0.404. The number of hydrogen-bond acceptors (Lipinski definition) is 7. The first-order valence-corrected chi connectivity index (χ1v) is 11.9. The van der Waals surface area contributed by atoms with Crippen LogP contribution >= 0.6 is 11.3 Å². The van der Waals surface area contributed by atoms with Crippen LogP contribution in [-0.2, 0) is 0 Å². The summed E-state index contributed by atoms with van der Waals surface area (Å²) < 4.78 is 25.6. The number of carbonyl (C=O) groups is 1. The first-order chi connectivity index (χ1) is 16.5. The molecule has 0 saturated carbocycles. The lowest BCUT2D eigenvalue weighted by molar-refractivity contribution is 0.0970. The van der Waals surface area contributed by atoms with Crippen molar-refractivity contribution in [2.45, 2.75) is 39.2 Å². The van der Waals surface area contributed by atoms with Crippen molar-refractivity contribution in [3.05, 3.63) is 80.4 Å². The first-order valence-electron chi connectivity index (χ1n) is 11.1. The van der Waals surface area contributed by atoms with Crippen LogP contribution in [0, 0.1) is 12.7 Å². The number of amides is 1. The van der Waals surface area contributed by atoms with Crippen molar-refractivity contribution >= 4 is 33.3 Å². The van der Waals surface area contributed by atoms with Crippen molar-refractivity contribution in [1.82, 2.24) is 10.2 Å². The van der Waals surface area contributed by atoms with Crippen molar-refractivity contribution in [2.24, 2.45) is 0 Å². The second kappa shape index (κ2) is 8.98. The molecule has 3 heterocycles. The van der Waals surface area contributed by atoms with Crippen LogP contribution in [0.15, 0.2) is 51.7 Å². The SMILES string of the molecule is CCCCCOc1ccc(C2c3c(oc4ccc(F)cc4c3=O)C(=O)N2c2nnc(C)s2)cc1. The van der Waals surface area contributed by atoms with Crippen LogP contribution < -0.4 is 15.1 Å². The molecular weight excluding hydrogens is 457 g/mol. The smallest absolute Gasteiger partial charge is 0.297 e. The highest BCUT2D eigenvalue weighted by Crippen LogP contribution is 2.42. The molecule has 2 aromatic carbocycles. The van der Waals surface area contributed by atoms with E-state index in [1.807, 2.05) is 24.3 Å². The molecule has 4 aromatic rings. The van der Waals surface area contributed by atoms with Gasteiger partial charge in [-0.2, -0.15) is 0 Å². The Morgan fingerprint density at radius 1 is 1.12 bits per heavy atom. The fourth-order valence-corrected chi connectivity index (χ4v) is 4.84. The zero-order valence-corrected chi connectivity index (χ0v) is 19.5. The third-order valence-corrected chi connectivity index (χ3v) is 6.60. The lowest BCUT2D eigenvalue weighted by Crippen LogP contribution is -2.29. The van der Waals surface area contributed by atoms with Crippen molar-refractivity contribution in [1.29, 1.82) is 0 Å². The van der Waals surface area contributed by atoms with Gasteiger partial charge in [-0.3, -0.25) is 14.5 Å². The van der Waals surface area contributed by atoms with E-state index in [2.05, 4.69) is 17.1 Å². The Bertz CT molecular complexity index is 1430. The molecule has 34 heavy (non-hydrogen) atoms. The normalized spacial score (nSPS) is 15.2. The predicted molar refractivity (Wildman–Crippen MR) is 127 cm³/mol. The van der Waals surface area contributed by atoms with Crippen LogP contribution in [0.3, 0.4) is 0 Å². The summed E-state index contributed by atoms with van der Waals surface area (Å²) in [6.45, 7) is 4.54. The van der Waals surface area contributed by atoms with Gasteiger partial charge in [0.1, 0.15) is 22.2 Å². The molecule has 5 rings (SSSR count). The van der Waals surface area contributed by atoms with E-state index in [-0.39, 0.29) is 22.3 Å². The van der Waals surface area contributed by atoms with Gasteiger partial charge in [0, 0.05) is 0 Å². The fourth-order valence-electron chi connectivity index (χ4n) is 4.13. The molecule has 1 aliphatic heterocycles. The van der Waals surface area contributed by atoms with Gasteiger partial charge in [-0.05, 0) is 49.2 Å². The number of ether oxygens (including phenoxy) is 1. The van der Waals surface area contributed by atoms with E-state index in [9.17, 15) is 14.0 Å². The second-order valence-electron chi connectivity index (χ2n) is 8.12. The van der Waals surface area contributed by atoms with E-state index in [1.165, 1.54) is 28.4 Å². The van der Waals surface area contributed by atoms with Gasteiger partial charge in [0.2, 0.25) is 10.9 Å². The number of carbonyl (C=O) groups excluding carboxylic acids is 1. The summed E-state index contributed by atoms with van der Waals surface area (Å²) in [5.41, 5.74) is 0.553. The summed E-state index contributed by atoms with van der Waals surface area (Å²) in [5, 5.41) is 9.30. The summed E-state index contributed by atoms with van der Waals surface area (Å²) >= 11 is 1.24. The molecular formula is C25H22FN3O4S. The minimum atomic E-state index is -0.784. The number of fused-ring (bicyclic) bond motifs is 2. The van der Waals surface area contributed by atoms with Crippen molar-refractivity contribution in [3.8, 4) is 5.75 Å². The van der Waals surface area contributed by atoms with Crippen LogP contribution in [0.4, 0.5) is 9.52 Å². The Morgan fingerprint density at radius 2 is 1.91 bits per heavy atom. The number of aryl methyl sites for hydroxylation is 1. The number of nitrogens with zero attached hydrogens (tertiary/aromatic N) is 3. The molecule has 0 spiro atoms. The van der Waals surface area contributed by atoms with Crippen molar-refractivity contribution in [2.75, 3.05) is 11.5 Å². The third-order valence-electron chi connectivity index (χ3n) is 5.77. The molecule has 7 nitrogen and oxygen atoms in total. The zero-order chi connectivity index (χ0) is 23.8. The molecule has 0 radical (unpaired) electrons. The fraction of sp³-hybridized carbons (Fsp3) is 0.280. The lowest BCUT2D eigenvalue weighted by atomic mass is 9.98. The van der Waals surface area contributed by atoms with Crippen molar-refractivity contribution < 1.29 is 18.3 Å². The molecule has 1 atom stereocenters. The molecule has 0 fully saturated rings. The molecule has 0 aliphatic carbocycles. The third kappa shape index (κ3) is 3.86. The van der Waals surface area contributed by atoms with E-state index >= 15 is 0 Å². The number of anilines is 1. The van der Waals surface area contributed by atoms with Crippen LogP contribution in [0.1, 0.15) is 58.9 Å². The van der Waals surface area contributed by atoms with E-state index in [1.54, 1.807) is 6.92 Å². The molecule has 1 aliphatic rings. The number of halogens is 1. The van der Waals surface area contributed by atoms with E-state index < -0.39 is 23.2 Å². The molecule has 9 heteroatoms. The summed E-state index contributed by atoms with van der Waals surface area (Å²) in [4.78, 5) is 28.4. The van der Waals surface area contributed by atoms with Gasteiger partial charge < -0.3 is 9.15 Å². The highest BCUT2D eigenvalue weighted by atomic mass is 32.1. The number of benzene rings is 2. The van der Waals surface area contributed by atoms with Gasteiger partial charge in [-0.1, -0.05) is 43.2 Å². The number of unbranched alkanes of at least 4 members (excludes halogenated alkanes) is 2. The van der Waals surface area contributed by atoms with Crippen LogP contribution in [0.25, 0.3) is 11.0 Å². The molecule has 2 aromatic heterocycles. The zero-order valence-electron chi connectivity index (χ0n) is 18.7. The quantitative estimate of drug-likeness (QED) is 0.330. The average Bonchev–Trinajstić information content (AvgIpc) is 3.38. The highest BCUT2D eigenvalue weighted by molar-refractivity contribution is 7.15. The van der Waals surface area contributed by atoms with Crippen LogP contribution in [0.5, 0.6) is 5.75 Å². The standard InChI is InChI=1S/C25H22FN3O4S/c1-3-4-5-12-32-17-9-6-15(7-10-17)21-20-22(30)18-13-16(26)8-11-19(18)33-23(20)24(31)29(21)25-28-27-14(2)34-25/h6-11,13,21H,3-5,12H2,1-2H3. The summed E-state index contributed by atoms with van der Waals surface area (Å²) in [7, 11) is 0. The van der Waals surface area contributed by atoms with Gasteiger partial charge in [-0.15, -0.1) is 10.2 Å². The Kier molecular flexibility index (Phi) is 5.87. The second-order valence-corrected chi connectivity index (χ2v) is 9.28. The number of aromatic nitrogens is 2. The van der Waals surface area contributed by atoms with Gasteiger partial charge >= 0.3 is 0 Å². The van der Waals surface area contributed by atoms with Gasteiger partial charge in [0.05, 0.1) is 23.6 Å². The monoisotopic (exact) mass is 479 g/mol. The Morgan fingerprint density at radius 3 is 2.62 bits per heavy atom. The van der Waals surface area contributed by atoms with Crippen LogP contribution in [-0.4, -0.2) is 22.7 Å². The molecule has 174 valence electrons. The largest absolute Gasteiger partial charge is 0.494 e. The topological polar surface area (TPSA) is 85.5 Å². The van der Waals surface area contributed by atoms with Gasteiger partial charge in [-0.25, -0.2) is 4.39 Å². The molecule has 1 unspecified atom stereocenters. The summed E-state index contributed by atoms with van der Waals surface area (Å²) in [6.07, 6.45) is 3.18. The van der Waals surface area contributed by atoms with Gasteiger partial charge in [0.25, 0.3) is 5.91 Å². The minimum absolute atomic E-state index is 0.0677. The molecule has 0 saturated heterocycles. The lowest BCUT2D eigenvalue weighted by Gasteiger charge is -2.22. The predicted octanol–water partition coefficient (Wildman–Crippen LogP) is 5.41. The highest BCUT2D eigenvalue weighted by Gasteiger charge is 2.45. The molecule has 0 bridgehead atoms. The maximum atomic E-state index is 13.9. The summed E-state index contributed by atoms with van der Waals surface area (Å²) in [6, 6.07) is 10.2. The Balaban J connectivity index is 1.61. The number of hydrogen-bond donors (Lipinski definition) is 0. The van der Waals surface area contributed by atoms with Crippen molar-refractivity contribution in [3.63, 3.8) is 0 Å². The average molecular weight is 480 g/mol. The molecule has 1 amide bonds. The Hall–Kier alpha value is -3.59. The Labute approximate surface area is 198 Å². The first kappa shape index (κ1) is 22.2. The minimum Gasteiger partial charge on any atom is -0.494 e. The van der Waals surface area contributed by atoms with Gasteiger partial charge in [0.15, 0.2) is 5.43 Å². The number of rotatable bonds is 7. The van der Waals surface area contributed by atoms with E-state index in [4.69, 9.17) is 9.15 Å². The van der Waals surface area contributed by atoms with Crippen LogP contribution in [0.2, 0.25) is 0 Å². The maximum absolute atomic E-state index is 13.9. The molecule has 0 N–H and O–H groups in total. The van der Waals surface area contributed by atoms with E-state index in [0.717, 1.165) is 25.3 Å². The van der Waals surface area contributed by atoms with E-state index in [0.29, 0.717) is 28.1 Å².